The number of nitrogens with two attached hydrogens (primary N) is 1. The molecule has 2 N–H and O–H groups in total. The van der Waals surface area contributed by atoms with Crippen LogP contribution in [0, 0.1) is 0 Å². The molecule has 0 radical (unpaired) electrons. The third-order valence-corrected chi connectivity index (χ3v) is 5.16. The summed E-state index contributed by atoms with van der Waals surface area (Å²) in [5.41, 5.74) is 1.74. The lowest BCUT2D eigenvalue weighted by molar-refractivity contribution is 0.517. The second-order valence-corrected chi connectivity index (χ2v) is 8.74. The fourth-order valence-electron chi connectivity index (χ4n) is 2.72. The zero-order valence-corrected chi connectivity index (χ0v) is 14.9. The summed E-state index contributed by atoms with van der Waals surface area (Å²) < 4.78 is 23.1. The monoisotopic (exact) mass is 344 g/mol. The van der Waals surface area contributed by atoms with Crippen molar-refractivity contribution in [3.63, 3.8) is 0 Å². The van der Waals surface area contributed by atoms with Gasteiger partial charge in [-0.15, -0.1) is 5.10 Å². The van der Waals surface area contributed by atoms with Gasteiger partial charge in [0.25, 0.3) is 0 Å². The Bertz CT molecular complexity index is 947. The molecule has 0 atom stereocenters. The fourth-order valence-corrected chi connectivity index (χ4v) is 3.28. The predicted molar refractivity (Wildman–Crippen MR) is 91.8 cm³/mol. The summed E-state index contributed by atoms with van der Waals surface area (Å²) in [5.74, 6) is 0.387. The minimum absolute atomic E-state index is 0.0285. The van der Waals surface area contributed by atoms with Crippen LogP contribution in [0.2, 0.25) is 0 Å². The normalized spacial score (nSPS) is 18.2. The molecule has 0 amide bonds. The van der Waals surface area contributed by atoms with Gasteiger partial charge in [-0.25, -0.2) is 18.5 Å². The molecule has 1 aromatic heterocycles. The molecule has 0 bridgehead atoms. The Morgan fingerprint density at radius 1 is 0.958 bits per heavy atom. The number of nitrogens with zero attached hydrogens (tertiary/aromatic N) is 3. The van der Waals surface area contributed by atoms with E-state index in [9.17, 15) is 8.42 Å². The molecular weight excluding hydrogens is 324 g/mol. The van der Waals surface area contributed by atoms with Crippen LogP contribution < -0.4 is 5.14 Å². The lowest BCUT2D eigenvalue weighted by Crippen LogP contribution is -2.32. The quantitative estimate of drug-likeness (QED) is 0.843. The number of allylic oxidation sites excluding steroid dienone is 2. The van der Waals surface area contributed by atoms with E-state index in [4.69, 9.17) is 10.1 Å². The van der Waals surface area contributed by atoms with Gasteiger partial charge < -0.3 is 0 Å². The van der Waals surface area contributed by atoms with Crippen molar-refractivity contribution in [2.24, 2.45) is 5.14 Å². The summed E-state index contributed by atoms with van der Waals surface area (Å²) >= 11 is 0. The number of sulfonamides is 1. The third kappa shape index (κ3) is 2.85. The van der Waals surface area contributed by atoms with Crippen LogP contribution in [0.5, 0.6) is 0 Å². The Morgan fingerprint density at radius 2 is 1.58 bits per heavy atom. The van der Waals surface area contributed by atoms with Crippen molar-refractivity contribution in [3.8, 4) is 11.4 Å². The third-order valence-electron chi connectivity index (χ3n) is 4.24. The van der Waals surface area contributed by atoms with E-state index in [0.717, 1.165) is 11.4 Å². The molecule has 1 aliphatic carbocycles. The van der Waals surface area contributed by atoms with E-state index in [-0.39, 0.29) is 15.7 Å². The van der Waals surface area contributed by atoms with Gasteiger partial charge in [0.15, 0.2) is 5.82 Å². The number of primary sulfonamides is 1. The topological polar surface area (TPSA) is 98.8 Å². The SMILES string of the molecule is CC1(C)C=CC(C)(C)c2nc(-c3cccc(S(N)(=O)=O)c3)nnc21. The molecule has 0 saturated carbocycles. The number of fused-ring (bicyclic) bond motifs is 1. The first kappa shape index (κ1) is 16.7. The van der Waals surface area contributed by atoms with Crippen molar-refractivity contribution < 1.29 is 8.42 Å². The smallest absolute Gasteiger partial charge is 0.229 e. The molecule has 126 valence electrons. The lowest BCUT2D eigenvalue weighted by Gasteiger charge is -2.33. The first-order chi connectivity index (χ1) is 11.0. The molecule has 0 unspecified atom stereocenters. The van der Waals surface area contributed by atoms with E-state index < -0.39 is 10.0 Å². The molecule has 2 aromatic rings. The van der Waals surface area contributed by atoms with Crippen LogP contribution in [0.15, 0.2) is 41.3 Å². The van der Waals surface area contributed by atoms with Crippen molar-refractivity contribution in [3.05, 3.63) is 47.8 Å². The lowest BCUT2D eigenvalue weighted by atomic mass is 9.73. The van der Waals surface area contributed by atoms with Crippen molar-refractivity contribution in [1.29, 1.82) is 0 Å². The van der Waals surface area contributed by atoms with Crippen LogP contribution in [0.1, 0.15) is 39.1 Å². The summed E-state index contributed by atoms with van der Waals surface area (Å²) in [6.45, 7) is 8.26. The van der Waals surface area contributed by atoms with Gasteiger partial charge in [-0.3, -0.25) is 0 Å². The fraction of sp³-hybridized carbons (Fsp3) is 0.353. The van der Waals surface area contributed by atoms with Crippen molar-refractivity contribution in [2.45, 2.75) is 43.4 Å². The van der Waals surface area contributed by atoms with E-state index >= 15 is 0 Å². The van der Waals surface area contributed by atoms with Crippen LogP contribution in [0.4, 0.5) is 0 Å². The molecule has 1 aromatic carbocycles. The number of benzene rings is 1. The van der Waals surface area contributed by atoms with Crippen LogP contribution in [0.3, 0.4) is 0 Å². The van der Waals surface area contributed by atoms with Gasteiger partial charge in [0, 0.05) is 16.4 Å². The highest BCUT2D eigenvalue weighted by Gasteiger charge is 2.36. The second kappa shape index (κ2) is 5.19. The van der Waals surface area contributed by atoms with Gasteiger partial charge >= 0.3 is 0 Å². The molecule has 1 aliphatic rings. The van der Waals surface area contributed by atoms with Gasteiger partial charge in [0.1, 0.15) is 0 Å². The summed E-state index contributed by atoms with van der Waals surface area (Å²) in [6.07, 6.45) is 4.24. The molecule has 6 nitrogen and oxygen atoms in total. The largest absolute Gasteiger partial charge is 0.238 e. The Labute approximate surface area is 141 Å². The van der Waals surface area contributed by atoms with Crippen LogP contribution in [-0.4, -0.2) is 23.6 Å². The predicted octanol–water partition coefficient (Wildman–Crippen LogP) is 2.31. The van der Waals surface area contributed by atoms with E-state index in [1.165, 1.54) is 12.1 Å². The highest BCUT2D eigenvalue weighted by molar-refractivity contribution is 7.89. The number of hydrogen-bond acceptors (Lipinski definition) is 5. The molecule has 7 heteroatoms. The molecule has 24 heavy (non-hydrogen) atoms. The van der Waals surface area contributed by atoms with Gasteiger partial charge in [-0.05, 0) is 12.1 Å². The van der Waals surface area contributed by atoms with Crippen molar-refractivity contribution in [2.75, 3.05) is 0 Å². The van der Waals surface area contributed by atoms with Crippen molar-refractivity contribution >= 4 is 10.0 Å². The first-order valence-corrected chi connectivity index (χ1v) is 9.15. The number of rotatable bonds is 2. The molecule has 0 spiro atoms. The zero-order valence-electron chi connectivity index (χ0n) is 14.1. The molecule has 0 saturated heterocycles. The van der Waals surface area contributed by atoms with E-state index in [0.29, 0.717) is 11.4 Å². The minimum atomic E-state index is -3.78. The van der Waals surface area contributed by atoms with Gasteiger partial charge in [-0.2, -0.15) is 5.10 Å². The zero-order chi connectivity index (χ0) is 17.8. The summed E-state index contributed by atoms with van der Waals surface area (Å²) in [5, 5.41) is 13.8. The summed E-state index contributed by atoms with van der Waals surface area (Å²) in [7, 11) is -3.78. The first-order valence-electron chi connectivity index (χ1n) is 7.60. The molecule has 0 aliphatic heterocycles. The summed E-state index contributed by atoms with van der Waals surface area (Å²) in [4.78, 5) is 4.72. The second-order valence-electron chi connectivity index (χ2n) is 7.18. The molecule has 1 heterocycles. The van der Waals surface area contributed by atoms with E-state index in [2.05, 4.69) is 50.0 Å². The summed E-state index contributed by atoms with van der Waals surface area (Å²) in [6, 6.07) is 6.28. The van der Waals surface area contributed by atoms with E-state index in [1.54, 1.807) is 12.1 Å². The Hall–Kier alpha value is -2.12. The van der Waals surface area contributed by atoms with Crippen LogP contribution in [0.25, 0.3) is 11.4 Å². The average Bonchev–Trinajstić information content (AvgIpc) is 2.51. The molecule has 0 fully saturated rings. The number of hydrogen-bond donors (Lipinski definition) is 1. The van der Waals surface area contributed by atoms with Gasteiger partial charge in [0.05, 0.1) is 16.3 Å². The highest BCUT2D eigenvalue weighted by Crippen LogP contribution is 2.39. The Kier molecular flexibility index (Phi) is 3.62. The van der Waals surface area contributed by atoms with Gasteiger partial charge in [0.2, 0.25) is 10.0 Å². The maximum atomic E-state index is 11.5. The minimum Gasteiger partial charge on any atom is -0.229 e. The average molecular weight is 344 g/mol. The number of aromatic nitrogens is 3. The van der Waals surface area contributed by atoms with E-state index in [1.807, 2.05) is 0 Å². The Morgan fingerprint density at radius 3 is 2.21 bits per heavy atom. The Balaban J connectivity index is 2.17. The highest BCUT2D eigenvalue weighted by atomic mass is 32.2. The molecule has 3 rings (SSSR count). The maximum absolute atomic E-state index is 11.5. The standard InChI is InChI=1S/C17H20N4O2S/c1-16(2)8-9-17(3,4)14-13(16)19-15(21-20-14)11-6-5-7-12(10-11)24(18,22)23/h5-10H,1-4H3,(H2,18,22,23). The molecular formula is C17H20N4O2S. The van der Waals surface area contributed by atoms with Crippen LogP contribution >= 0.6 is 0 Å². The van der Waals surface area contributed by atoms with Crippen LogP contribution in [-0.2, 0) is 20.9 Å². The maximum Gasteiger partial charge on any atom is 0.238 e. The van der Waals surface area contributed by atoms with Crippen molar-refractivity contribution in [1.82, 2.24) is 15.2 Å². The van der Waals surface area contributed by atoms with Gasteiger partial charge in [-0.1, -0.05) is 52.0 Å².